The monoisotopic (exact) mass is 330 g/mol. The first-order valence-corrected chi connectivity index (χ1v) is 7.51. The number of rotatable bonds is 5. The molecule has 0 radical (unpaired) electrons. The summed E-state index contributed by atoms with van der Waals surface area (Å²) in [5, 5.41) is 6.86. The first-order valence-electron chi connectivity index (χ1n) is 7.51. The van der Waals surface area contributed by atoms with Crippen LogP contribution < -0.4 is 10.1 Å². The number of methoxy groups -OCH3 is 1. The lowest BCUT2D eigenvalue weighted by Gasteiger charge is -2.16. The van der Waals surface area contributed by atoms with Crippen LogP contribution >= 0.6 is 0 Å². The third kappa shape index (κ3) is 4.13. The third-order valence-electron chi connectivity index (χ3n) is 3.45. The van der Waals surface area contributed by atoms with Crippen molar-refractivity contribution >= 4 is 17.5 Å². The Morgan fingerprint density at radius 1 is 1.25 bits per heavy atom. The minimum Gasteiger partial charge on any atom is -0.479 e. The van der Waals surface area contributed by atoms with Crippen molar-refractivity contribution in [3.8, 4) is 5.88 Å². The molecule has 0 aliphatic carbocycles. The van der Waals surface area contributed by atoms with Crippen molar-refractivity contribution in [2.45, 2.75) is 13.8 Å². The van der Waals surface area contributed by atoms with Gasteiger partial charge in [-0.15, -0.1) is 5.10 Å². The zero-order valence-electron chi connectivity index (χ0n) is 14.6. The summed E-state index contributed by atoms with van der Waals surface area (Å²) < 4.78 is 6.58. The van der Waals surface area contributed by atoms with Gasteiger partial charge in [-0.1, -0.05) is 6.07 Å². The van der Waals surface area contributed by atoms with E-state index in [0.717, 1.165) is 16.8 Å². The van der Waals surface area contributed by atoms with Crippen molar-refractivity contribution < 1.29 is 14.3 Å². The molecule has 0 aliphatic heterocycles. The van der Waals surface area contributed by atoms with E-state index in [9.17, 15) is 9.59 Å². The lowest BCUT2D eigenvalue weighted by Crippen LogP contribution is -2.35. The van der Waals surface area contributed by atoms with Crippen molar-refractivity contribution in [3.63, 3.8) is 0 Å². The van der Waals surface area contributed by atoms with E-state index in [-0.39, 0.29) is 24.2 Å². The van der Waals surface area contributed by atoms with Crippen LogP contribution in [0.25, 0.3) is 0 Å². The average molecular weight is 330 g/mol. The van der Waals surface area contributed by atoms with Crippen LogP contribution in [0.5, 0.6) is 5.88 Å². The molecule has 24 heavy (non-hydrogen) atoms. The molecule has 0 bridgehead atoms. The van der Waals surface area contributed by atoms with Gasteiger partial charge in [-0.25, -0.2) is 0 Å². The van der Waals surface area contributed by atoms with Crippen molar-refractivity contribution in [3.05, 3.63) is 41.1 Å². The van der Waals surface area contributed by atoms with Gasteiger partial charge in [-0.2, -0.15) is 0 Å². The fourth-order valence-corrected chi connectivity index (χ4v) is 2.51. The van der Waals surface area contributed by atoms with Gasteiger partial charge in [-0.05, 0) is 37.1 Å². The Morgan fingerprint density at radius 2 is 1.88 bits per heavy atom. The van der Waals surface area contributed by atoms with E-state index in [0.29, 0.717) is 5.56 Å². The molecule has 2 aromatic rings. The molecule has 7 heteroatoms. The molecule has 128 valence electrons. The number of likely N-dealkylation sites (N-methyl/N-ethyl adjacent to an activating group) is 1. The number of carbonyl (C=O) groups is 2. The Balaban J connectivity index is 2.04. The van der Waals surface area contributed by atoms with E-state index < -0.39 is 0 Å². The van der Waals surface area contributed by atoms with Gasteiger partial charge < -0.3 is 15.0 Å². The normalized spacial score (nSPS) is 10.4. The Labute approximate surface area is 141 Å². The number of aryl methyl sites for hydroxylation is 3. The number of benzene rings is 1. The molecule has 0 unspecified atom stereocenters. The predicted molar refractivity (Wildman–Crippen MR) is 91.3 cm³/mol. The molecule has 0 spiro atoms. The Hall–Kier alpha value is -2.83. The Kier molecular flexibility index (Phi) is 5.23. The van der Waals surface area contributed by atoms with Crippen molar-refractivity contribution in [1.82, 2.24) is 14.7 Å². The molecule has 0 fully saturated rings. The average Bonchev–Trinajstić information content (AvgIpc) is 2.86. The second-order valence-electron chi connectivity index (χ2n) is 5.81. The number of nitrogens with zero attached hydrogens (tertiary/aromatic N) is 3. The summed E-state index contributed by atoms with van der Waals surface area (Å²) >= 11 is 0. The Bertz CT molecular complexity index is 747. The molecule has 7 nitrogen and oxygen atoms in total. The second kappa shape index (κ2) is 7.16. The minimum absolute atomic E-state index is 0.0656. The molecule has 1 aromatic carbocycles. The summed E-state index contributed by atoms with van der Waals surface area (Å²) in [6.07, 6.45) is 1.57. The lowest BCUT2D eigenvalue weighted by atomic mass is 10.1. The van der Waals surface area contributed by atoms with Gasteiger partial charge in [0.2, 0.25) is 11.8 Å². The van der Waals surface area contributed by atoms with Crippen LogP contribution in [0.3, 0.4) is 0 Å². The Morgan fingerprint density at radius 3 is 2.46 bits per heavy atom. The van der Waals surface area contributed by atoms with E-state index >= 15 is 0 Å². The number of carbonyl (C=O) groups excluding carboxylic acids is 2. The molecule has 0 atom stereocenters. The minimum atomic E-state index is -0.324. The van der Waals surface area contributed by atoms with Gasteiger partial charge >= 0.3 is 0 Å². The molecular formula is C17H22N4O3. The summed E-state index contributed by atoms with van der Waals surface area (Å²) in [5.41, 5.74) is 3.17. The van der Waals surface area contributed by atoms with Gasteiger partial charge in [0, 0.05) is 26.0 Å². The first kappa shape index (κ1) is 17.5. The number of aromatic nitrogens is 2. The maximum Gasteiger partial charge on any atom is 0.261 e. The number of hydrogen-bond acceptors (Lipinski definition) is 4. The van der Waals surface area contributed by atoms with Gasteiger partial charge in [0.15, 0.2) is 0 Å². The van der Waals surface area contributed by atoms with Crippen LogP contribution in [0.1, 0.15) is 21.5 Å². The van der Waals surface area contributed by atoms with E-state index in [1.807, 2.05) is 32.0 Å². The molecule has 2 amide bonds. The molecule has 0 saturated heterocycles. The smallest absolute Gasteiger partial charge is 0.261 e. The highest BCUT2D eigenvalue weighted by Crippen LogP contribution is 2.17. The quantitative estimate of drug-likeness (QED) is 0.906. The molecule has 0 saturated carbocycles. The van der Waals surface area contributed by atoms with Crippen molar-refractivity contribution in [2.24, 2.45) is 7.05 Å². The SMILES string of the molecule is COc1nn(C)cc1C(=O)N(C)CC(=O)Nc1cc(C)cc(C)c1. The topological polar surface area (TPSA) is 76.5 Å². The maximum absolute atomic E-state index is 12.4. The number of hydrogen-bond donors (Lipinski definition) is 1. The maximum atomic E-state index is 12.4. The number of nitrogens with one attached hydrogen (secondary N) is 1. The van der Waals surface area contributed by atoms with Gasteiger partial charge in [0.25, 0.3) is 5.91 Å². The molecule has 0 aliphatic rings. The van der Waals surface area contributed by atoms with Crippen LogP contribution in [0.4, 0.5) is 5.69 Å². The summed E-state index contributed by atoms with van der Waals surface area (Å²) in [7, 11) is 4.72. The molecule has 1 aromatic heterocycles. The largest absolute Gasteiger partial charge is 0.479 e. The van der Waals surface area contributed by atoms with Crippen LogP contribution in [-0.2, 0) is 11.8 Å². The zero-order chi connectivity index (χ0) is 17.9. The third-order valence-corrected chi connectivity index (χ3v) is 3.45. The highest BCUT2D eigenvalue weighted by atomic mass is 16.5. The van der Waals surface area contributed by atoms with E-state index in [4.69, 9.17) is 4.74 Å². The zero-order valence-corrected chi connectivity index (χ0v) is 14.6. The molecule has 1 heterocycles. The van der Waals surface area contributed by atoms with E-state index in [1.165, 1.54) is 16.7 Å². The van der Waals surface area contributed by atoms with Gasteiger partial charge in [-0.3, -0.25) is 14.3 Å². The lowest BCUT2D eigenvalue weighted by molar-refractivity contribution is -0.116. The van der Waals surface area contributed by atoms with Crippen LogP contribution in [0, 0.1) is 13.8 Å². The fraction of sp³-hybridized carbons (Fsp3) is 0.353. The number of ether oxygens (including phenoxy) is 1. The first-order chi connectivity index (χ1) is 11.3. The van der Waals surface area contributed by atoms with Crippen LogP contribution in [0.15, 0.2) is 24.4 Å². The summed E-state index contributed by atoms with van der Waals surface area (Å²) in [6, 6.07) is 5.80. The number of amides is 2. The second-order valence-corrected chi connectivity index (χ2v) is 5.81. The molecule has 1 N–H and O–H groups in total. The van der Waals surface area contributed by atoms with Crippen LogP contribution in [0.2, 0.25) is 0 Å². The highest BCUT2D eigenvalue weighted by Gasteiger charge is 2.21. The summed E-state index contributed by atoms with van der Waals surface area (Å²) in [6.45, 7) is 3.86. The summed E-state index contributed by atoms with van der Waals surface area (Å²) in [4.78, 5) is 26.0. The highest BCUT2D eigenvalue weighted by molar-refractivity contribution is 6.00. The number of anilines is 1. The molecular weight excluding hydrogens is 308 g/mol. The van der Waals surface area contributed by atoms with Gasteiger partial charge in [0.05, 0.1) is 13.7 Å². The predicted octanol–water partition coefficient (Wildman–Crippen LogP) is 1.76. The standard InChI is InChI=1S/C17H22N4O3/c1-11-6-12(2)8-13(7-11)18-15(22)10-20(3)17(23)14-9-21(4)19-16(14)24-5/h6-9H,10H2,1-5H3,(H,18,22). The van der Waals surface area contributed by atoms with Crippen LogP contribution in [-0.4, -0.2) is 47.2 Å². The molecule has 2 rings (SSSR count). The van der Waals surface area contributed by atoms with E-state index in [1.54, 1.807) is 20.3 Å². The van der Waals surface area contributed by atoms with E-state index in [2.05, 4.69) is 10.4 Å². The summed E-state index contributed by atoms with van der Waals surface area (Å²) in [5.74, 6) is -0.349. The van der Waals surface area contributed by atoms with Crippen molar-refractivity contribution in [2.75, 3.05) is 26.0 Å². The fourth-order valence-electron chi connectivity index (χ4n) is 2.51. The van der Waals surface area contributed by atoms with Gasteiger partial charge in [0.1, 0.15) is 5.56 Å². The van der Waals surface area contributed by atoms with Crippen molar-refractivity contribution in [1.29, 1.82) is 0 Å².